The van der Waals surface area contributed by atoms with E-state index in [0.717, 1.165) is 6.07 Å². The van der Waals surface area contributed by atoms with Crippen LogP contribution in [0, 0.1) is 15.9 Å². The monoisotopic (exact) mass is 458 g/mol. The standard InChI is InChI=1S/C18H14F4N4O4S/c1-25-9-8-23-17(25)16(11-2-4-12(19)5-3-11)24-14-7-6-13(10-15(14)26(27)28)31(29,30)18(20,21)22/h2-10,16,24H,1H3. The fraction of sp³-hybridized carbons (Fsp3) is 0.167. The summed E-state index contributed by atoms with van der Waals surface area (Å²) in [6.45, 7) is 0. The van der Waals surface area contributed by atoms with E-state index in [1.807, 2.05) is 0 Å². The molecule has 3 rings (SSSR count). The Balaban J connectivity index is 2.10. The Morgan fingerprint density at radius 1 is 1.16 bits per heavy atom. The van der Waals surface area contributed by atoms with E-state index in [9.17, 15) is 36.1 Å². The molecule has 0 spiro atoms. The third kappa shape index (κ3) is 4.35. The number of nitro benzene ring substituents is 1. The largest absolute Gasteiger partial charge is 0.501 e. The molecule has 1 N–H and O–H groups in total. The van der Waals surface area contributed by atoms with Crippen molar-refractivity contribution < 1.29 is 30.9 Å². The second kappa shape index (κ2) is 7.98. The zero-order valence-electron chi connectivity index (χ0n) is 15.7. The number of benzene rings is 2. The highest BCUT2D eigenvalue weighted by atomic mass is 32.2. The molecule has 2 aromatic carbocycles. The van der Waals surface area contributed by atoms with Crippen LogP contribution in [0.3, 0.4) is 0 Å². The van der Waals surface area contributed by atoms with Gasteiger partial charge in [0.25, 0.3) is 15.5 Å². The lowest BCUT2D eigenvalue weighted by atomic mass is 10.1. The number of aromatic nitrogens is 2. The average Bonchev–Trinajstić information content (AvgIpc) is 3.11. The third-order valence-electron chi connectivity index (χ3n) is 4.40. The molecule has 0 saturated carbocycles. The highest BCUT2D eigenvalue weighted by Crippen LogP contribution is 2.36. The van der Waals surface area contributed by atoms with Crippen molar-refractivity contribution in [3.05, 3.63) is 82.2 Å². The molecule has 1 unspecified atom stereocenters. The van der Waals surface area contributed by atoms with Gasteiger partial charge in [-0.15, -0.1) is 0 Å². The summed E-state index contributed by atoms with van der Waals surface area (Å²) in [6, 6.07) is 6.14. The molecule has 1 atom stereocenters. The van der Waals surface area contributed by atoms with Crippen molar-refractivity contribution in [1.29, 1.82) is 0 Å². The Hall–Kier alpha value is -3.48. The van der Waals surface area contributed by atoms with Crippen molar-refractivity contribution in [2.75, 3.05) is 5.32 Å². The van der Waals surface area contributed by atoms with Gasteiger partial charge in [-0.2, -0.15) is 13.2 Å². The molecular formula is C18H14F4N4O4S. The number of aryl methyl sites for hydroxylation is 1. The molecule has 0 bridgehead atoms. The minimum Gasteiger partial charge on any atom is -0.366 e. The van der Waals surface area contributed by atoms with E-state index < -0.39 is 42.7 Å². The Morgan fingerprint density at radius 2 is 1.81 bits per heavy atom. The molecule has 0 aliphatic carbocycles. The molecule has 164 valence electrons. The topological polar surface area (TPSA) is 107 Å². The molecule has 8 nitrogen and oxygen atoms in total. The number of nitrogens with one attached hydrogen (secondary N) is 1. The van der Waals surface area contributed by atoms with Crippen LogP contribution in [-0.4, -0.2) is 28.4 Å². The van der Waals surface area contributed by atoms with Gasteiger partial charge in [0.15, 0.2) is 0 Å². The maximum absolute atomic E-state index is 13.3. The SMILES string of the molecule is Cn1ccnc1C(Nc1ccc(S(=O)(=O)C(F)(F)F)cc1[N+](=O)[O-])c1ccc(F)cc1. The Bertz CT molecular complexity index is 1220. The van der Waals surface area contributed by atoms with Crippen LogP contribution in [-0.2, 0) is 16.9 Å². The lowest BCUT2D eigenvalue weighted by Crippen LogP contribution is -2.23. The van der Waals surface area contributed by atoms with Gasteiger partial charge in [0, 0.05) is 25.5 Å². The van der Waals surface area contributed by atoms with E-state index in [1.54, 1.807) is 17.8 Å². The first-order valence-corrected chi connectivity index (χ1v) is 9.99. The smallest absolute Gasteiger partial charge is 0.366 e. The first-order chi connectivity index (χ1) is 14.4. The fourth-order valence-electron chi connectivity index (χ4n) is 2.85. The molecule has 0 radical (unpaired) electrons. The molecule has 13 heteroatoms. The van der Waals surface area contributed by atoms with Gasteiger partial charge in [-0.25, -0.2) is 17.8 Å². The van der Waals surface area contributed by atoms with Gasteiger partial charge in [0.2, 0.25) is 0 Å². The van der Waals surface area contributed by atoms with Crippen LogP contribution >= 0.6 is 0 Å². The number of nitro groups is 1. The van der Waals surface area contributed by atoms with Crippen molar-refractivity contribution in [3.63, 3.8) is 0 Å². The van der Waals surface area contributed by atoms with Gasteiger partial charge in [-0.3, -0.25) is 10.1 Å². The molecule has 0 amide bonds. The molecule has 0 fully saturated rings. The number of anilines is 1. The normalized spacial score (nSPS) is 13.1. The molecular weight excluding hydrogens is 444 g/mol. The van der Waals surface area contributed by atoms with Gasteiger partial charge in [-0.05, 0) is 29.8 Å². The number of halogens is 4. The van der Waals surface area contributed by atoms with Crippen LogP contribution in [0.2, 0.25) is 0 Å². The van der Waals surface area contributed by atoms with E-state index in [1.165, 1.54) is 30.5 Å². The summed E-state index contributed by atoms with van der Waals surface area (Å²) in [5.74, 6) is -0.150. The van der Waals surface area contributed by atoms with E-state index in [0.29, 0.717) is 23.5 Å². The summed E-state index contributed by atoms with van der Waals surface area (Å²) >= 11 is 0. The quantitative estimate of drug-likeness (QED) is 0.340. The predicted octanol–water partition coefficient (Wildman–Crippen LogP) is 3.96. The number of imidazole rings is 1. The Morgan fingerprint density at radius 3 is 2.32 bits per heavy atom. The predicted molar refractivity (Wildman–Crippen MR) is 101 cm³/mol. The minimum atomic E-state index is -5.77. The molecule has 31 heavy (non-hydrogen) atoms. The van der Waals surface area contributed by atoms with E-state index in [2.05, 4.69) is 10.3 Å². The summed E-state index contributed by atoms with van der Waals surface area (Å²) in [7, 11) is -4.13. The lowest BCUT2D eigenvalue weighted by molar-refractivity contribution is -0.384. The van der Waals surface area contributed by atoms with Crippen molar-refractivity contribution in [2.45, 2.75) is 16.4 Å². The number of hydrogen-bond acceptors (Lipinski definition) is 6. The lowest BCUT2D eigenvalue weighted by Gasteiger charge is -2.20. The van der Waals surface area contributed by atoms with Crippen molar-refractivity contribution in [3.8, 4) is 0 Å². The number of nitrogens with zero attached hydrogens (tertiary/aromatic N) is 3. The molecule has 0 saturated heterocycles. The summed E-state index contributed by atoms with van der Waals surface area (Å²) in [5.41, 5.74) is -6.29. The first-order valence-electron chi connectivity index (χ1n) is 8.51. The van der Waals surface area contributed by atoms with Crippen LogP contribution in [0.15, 0.2) is 59.8 Å². The van der Waals surface area contributed by atoms with Crippen LogP contribution in [0.1, 0.15) is 17.4 Å². The van der Waals surface area contributed by atoms with Gasteiger partial charge in [0.05, 0.1) is 9.82 Å². The Kier molecular flexibility index (Phi) is 5.72. The number of sulfone groups is 1. The summed E-state index contributed by atoms with van der Waals surface area (Å²) in [6.07, 6.45) is 3.06. The Labute approximate surface area is 173 Å². The number of hydrogen-bond donors (Lipinski definition) is 1. The van der Waals surface area contributed by atoms with Gasteiger partial charge in [-0.1, -0.05) is 12.1 Å². The molecule has 3 aromatic rings. The van der Waals surface area contributed by atoms with Crippen molar-refractivity contribution >= 4 is 21.2 Å². The maximum Gasteiger partial charge on any atom is 0.501 e. The molecule has 1 heterocycles. The molecule has 0 aliphatic rings. The third-order valence-corrected chi connectivity index (χ3v) is 5.88. The fourth-order valence-corrected chi connectivity index (χ4v) is 3.63. The molecule has 0 aliphatic heterocycles. The zero-order valence-corrected chi connectivity index (χ0v) is 16.5. The average molecular weight is 458 g/mol. The minimum absolute atomic E-state index is 0.247. The summed E-state index contributed by atoms with van der Waals surface area (Å²) in [4.78, 5) is 13.4. The highest BCUT2D eigenvalue weighted by molar-refractivity contribution is 7.92. The second-order valence-electron chi connectivity index (χ2n) is 6.41. The van der Waals surface area contributed by atoms with Crippen LogP contribution < -0.4 is 5.32 Å². The van der Waals surface area contributed by atoms with Crippen molar-refractivity contribution in [1.82, 2.24) is 9.55 Å². The van der Waals surface area contributed by atoms with E-state index >= 15 is 0 Å². The van der Waals surface area contributed by atoms with Crippen molar-refractivity contribution in [2.24, 2.45) is 7.05 Å². The maximum atomic E-state index is 13.3. The summed E-state index contributed by atoms with van der Waals surface area (Å²) < 4.78 is 76.7. The van der Waals surface area contributed by atoms with Crippen LogP contribution in [0.5, 0.6) is 0 Å². The van der Waals surface area contributed by atoms with Crippen LogP contribution in [0.4, 0.5) is 28.9 Å². The van der Waals surface area contributed by atoms with E-state index in [-0.39, 0.29) is 5.69 Å². The van der Waals surface area contributed by atoms with Gasteiger partial charge in [0.1, 0.15) is 23.4 Å². The van der Waals surface area contributed by atoms with Gasteiger partial charge >= 0.3 is 5.51 Å². The molecule has 1 aromatic heterocycles. The highest BCUT2D eigenvalue weighted by Gasteiger charge is 2.47. The second-order valence-corrected chi connectivity index (χ2v) is 8.35. The number of rotatable bonds is 6. The van der Waals surface area contributed by atoms with Gasteiger partial charge < -0.3 is 9.88 Å². The van der Waals surface area contributed by atoms with E-state index in [4.69, 9.17) is 0 Å². The number of alkyl halides is 3. The zero-order chi connectivity index (χ0) is 23.0. The first kappa shape index (κ1) is 22.2. The van der Waals surface area contributed by atoms with Crippen LogP contribution in [0.25, 0.3) is 0 Å². The summed E-state index contributed by atoms with van der Waals surface area (Å²) in [5, 5.41) is 14.3.